The molecule has 1 aromatic carbocycles. The smallest absolute Gasteiger partial charge is 0.344 e. The summed E-state index contributed by atoms with van der Waals surface area (Å²) in [4.78, 5) is 13.0. The van der Waals surface area contributed by atoms with Gasteiger partial charge in [-0.15, -0.1) is 0 Å². The molecule has 1 aromatic heterocycles. The SMILES string of the molecule is CCCCS(=O)(=O)NC(=O)C1=C(C)Nc2cc(C(F)(F)F)nn2C1c1ccc(Cl)c(Cl)c1. The van der Waals surface area contributed by atoms with Crippen LogP contribution in [0.3, 0.4) is 0 Å². The molecule has 32 heavy (non-hydrogen) atoms. The lowest BCUT2D eigenvalue weighted by atomic mass is 9.95. The maximum Gasteiger partial charge on any atom is 0.435 e. The van der Waals surface area contributed by atoms with E-state index in [0.29, 0.717) is 18.4 Å². The number of nitrogens with zero attached hydrogens (tertiary/aromatic N) is 2. The molecule has 1 aliphatic rings. The maximum atomic E-state index is 13.3. The van der Waals surface area contributed by atoms with E-state index in [9.17, 15) is 26.4 Å². The zero-order valence-corrected chi connectivity index (χ0v) is 19.3. The molecule has 0 saturated heterocycles. The van der Waals surface area contributed by atoms with E-state index in [0.717, 1.165) is 10.7 Å². The normalized spacial score (nSPS) is 16.5. The summed E-state index contributed by atoms with van der Waals surface area (Å²) in [7, 11) is -3.95. The van der Waals surface area contributed by atoms with Crippen LogP contribution < -0.4 is 10.0 Å². The molecule has 1 amide bonds. The van der Waals surface area contributed by atoms with Gasteiger partial charge in [0.2, 0.25) is 10.0 Å². The van der Waals surface area contributed by atoms with Crippen molar-refractivity contribution < 1.29 is 26.4 Å². The fourth-order valence-corrected chi connectivity index (χ4v) is 4.75. The molecule has 0 bridgehead atoms. The number of alkyl halides is 3. The Kier molecular flexibility index (Phi) is 6.83. The Hall–Kier alpha value is -2.24. The first-order chi connectivity index (χ1) is 14.8. The van der Waals surface area contributed by atoms with Crippen molar-refractivity contribution in [3.63, 3.8) is 0 Å². The number of sulfonamides is 1. The van der Waals surface area contributed by atoms with E-state index in [4.69, 9.17) is 23.2 Å². The highest BCUT2D eigenvalue weighted by molar-refractivity contribution is 7.90. The van der Waals surface area contributed by atoms with Crippen LogP contribution in [0.4, 0.5) is 19.0 Å². The minimum absolute atomic E-state index is 0.0173. The lowest BCUT2D eigenvalue weighted by molar-refractivity contribution is -0.141. The summed E-state index contributed by atoms with van der Waals surface area (Å²) in [6.45, 7) is 3.26. The van der Waals surface area contributed by atoms with Gasteiger partial charge < -0.3 is 5.32 Å². The second-order valence-corrected chi connectivity index (χ2v) is 9.86. The minimum atomic E-state index is -4.73. The Morgan fingerprint density at radius 2 is 1.94 bits per heavy atom. The quantitative estimate of drug-likeness (QED) is 0.585. The molecular weight excluding hydrogens is 492 g/mol. The standard InChI is InChI=1S/C19H19Cl2F3N4O3S/c1-3-4-7-32(30,31)27-18(29)16-10(2)25-15-9-14(19(22,23)24)26-28(15)17(16)11-5-6-12(20)13(21)8-11/h5-6,8-9,17,25H,3-4,7H2,1-2H3,(H,27,29). The number of allylic oxidation sites excluding steroid dienone is 1. The molecule has 13 heteroatoms. The molecule has 7 nitrogen and oxygen atoms in total. The summed E-state index contributed by atoms with van der Waals surface area (Å²) in [5.41, 5.74) is -0.817. The van der Waals surface area contributed by atoms with Gasteiger partial charge in [-0.25, -0.2) is 17.8 Å². The lowest BCUT2D eigenvalue weighted by Gasteiger charge is -2.29. The zero-order chi connectivity index (χ0) is 23.8. The van der Waals surface area contributed by atoms with Crippen LogP contribution in [0.25, 0.3) is 0 Å². The lowest BCUT2D eigenvalue weighted by Crippen LogP contribution is -2.39. The van der Waals surface area contributed by atoms with Gasteiger partial charge in [-0.05, 0) is 31.0 Å². The van der Waals surface area contributed by atoms with Gasteiger partial charge in [0.1, 0.15) is 11.9 Å². The molecule has 2 aromatic rings. The molecule has 2 N–H and O–H groups in total. The molecule has 0 aliphatic carbocycles. The van der Waals surface area contributed by atoms with Gasteiger partial charge in [-0.3, -0.25) is 4.79 Å². The van der Waals surface area contributed by atoms with E-state index in [-0.39, 0.29) is 32.9 Å². The van der Waals surface area contributed by atoms with Crippen LogP contribution in [0.1, 0.15) is 44.0 Å². The molecule has 0 radical (unpaired) electrons. The number of benzene rings is 1. The Labute approximate surface area is 192 Å². The third-order valence-electron chi connectivity index (χ3n) is 4.78. The van der Waals surface area contributed by atoms with Crippen molar-refractivity contribution >= 4 is 45.0 Å². The Morgan fingerprint density at radius 1 is 1.25 bits per heavy atom. The molecule has 174 valence electrons. The Morgan fingerprint density at radius 3 is 2.53 bits per heavy atom. The molecule has 1 atom stereocenters. The third kappa shape index (κ3) is 5.05. The topological polar surface area (TPSA) is 93.1 Å². The van der Waals surface area contributed by atoms with Crippen LogP contribution in [0.5, 0.6) is 0 Å². The van der Waals surface area contributed by atoms with E-state index >= 15 is 0 Å². The largest absolute Gasteiger partial charge is 0.435 e. The van der Waals surface area contributed by atoms with Gasteiger partial charge in [0, 0.05) is 11.8 Å². The molecule has 1 unspecified atom stereocenters. The van der Waals surface area contributed by atoms with Gasteiger partial charge in [0.25, 0.3) is 5.91 Å². The fourth-order valence-electron chi connectivity index (χ4n) is 3.28. The molecular formula is C19H19Cl2F3N4O3S. The van der Waals surface area contributed by atoms with E-state index in [1.54, 1.807) is 6.92 Å². The van der Waals surface area contributed by atoms with Gasteiger partial charge in [0.15, 0.2) is 5.69 Å². The summed E-state index contributed by atoms with van der Waals surface area (Å²) in [5, 5.41) is 6.65. The van der Waals surface area contributed by atoms with Crippen molar-refractivity contribution in [2.75, 3.05) is 11.1 Å². The maximum absolute atomic E-state index is 13.3. The molecule has 1 aliphatic heterocycles. The second-order valence-electron chi connectivity index (χ2n) is 7.20. The Balaban J connectivity index is 2.12. The van der Waals surface area contributed by atoms with Crippen LogP contribution in [0.2, 0.25) is 10.0 Å². The van der Waals surface area contributed by atoms with Crippen LogP contribution in [0.15, 0.2) is 35.5 Å². The molecule has 0 fully saturated rings. The number of carbonyl (C=O) groups excluding carboxylic acids is 1. The van der Waals surface area contributed by atoms with Crippen molar-refractivity contribution in [1.29, 1.82) is 0 Å². The number of anilines is 1. The number of carbonyl (C=O) groups is 1. The van der Waals surface area contributed by atoms with Crippen molar-refractivity contribution in [1.82, 2.24) is 14.5 Å². The molecule has 0 spiro atoms. The number of aromatic nitrogens is 2. The Bertz CT molecular complexity index is 1190. The average Bonchev–Trinajstić information content (AvgIpc) is 3.11. The summed E-state index contributed by atoms with van der Waals surface area (Å²) < 4.78 is 67.4. The highest BCUT2D eigenvalue weighted by atomic mass is 35.5. The van der Waals surface area contributed by atoms with Crippen LogP contribution in [0, 0.1) is 0 Å². The number of amides is 1. The number of fused-ring (bicyclic) bond motifs is 1. The number of hydrogen-bond acceptors (Lipinski definition) is 5. The van der Waals surface area contributed by atoms with Gasteiger partial charge in [0.05, 0.1) is 21.4 Å². The van der Waals surface area contributed by atoms with Crippen LogP contribution >= 0.6 is 23.2 Å². The first-order valence-electron chi connectivity index (χ1n) is 9.48. The van der Waals surface area contributed by atoms with Crippen LogP contribution in [-0.4, -0.2) is 29.9 Å². The number of halogens is 5. The third-order valence-corrected chi connectivity index (χ3v) is 6.84. The summed E-state index contributed by atoms with van der Waals surface area (Å²) in [5.74, 6) is -1.26. The van der Waals surface area contributed by atoms with Gasteiger partial charge in [-0.2, -0.15) is 18.3 Å². The predicted molar refractivity (Wildman–Crippen MR) is 115 cm³/mol. The second kappa shape index (κ2) is 8.95. The van der Waals surface area contributed by atoms with E-state index in [1.807, 2.05) is 4.72 Å². The first kappa shape index (κ1) is 24.4. The van der Waals surface area contributed by atoms with Crippen LogP contribution in [-0.2, 0) is 21.0 Å². The summed E-state index contributed by atoms with van der Waals surface area (Å²) in [6, 6.07) is 3.93. The van der Waals surface area contributed by atoms with Crippen molar-refractivity contribution in [2.24, 2.45) is 0 Å². The average molecular weight is 511 g/mol. The summed E-state index contributed by atoms with van der Waals surface area (Å²) >= 11 is 12.1. The minimum Gasteiger partial charge on any atom is -0.344 e. The van der Waals surface area contributed by atoms with E-state index in [1.165, 1.54) is 25.1 Å². The van der Waals surface area contributed by atoms with Crippen molar-refractivity contribution in [2.45, 2.75) is 38.9 Å². The van der Waals surface area contributed by atoms with E-state index in [2.05, 4.69) is 10.4 Å². The highest BCUT2D eigenvalue weighted by Gasteiger charge is 2.40. The predicted octanol–water partition coefficient (Wildman–Crippen LogP) is 4.74. The van der Waals surface area contributed by atoms with Crippen molar-refractivity contribution in [3.05, 3.63) is 56.8 Å². The summed E-state index contributed by atoms with van der Waals surface area (Å²) in [6.07, 6.45) is -3.79. The number of nitrogens with one attached hydrogen (secondary N) is 2. The van der Waals surface area contributed by atoms with Gasteiger partial charge >= 0.3 is 6.18 Å². The number of unbranched alkanes of at least 4 members (excludes halogenated alkanes) is 1. The monoisotopic (exact) mass is 510 g/mol. The number of hydrogen-bond donors (Lipinski definition) is 2. The fraction of sp³-hybridized carbons (Fsp3) is 0.368. The van der Waals surface area contributed by atoms with Crippen molar-refractivity contribution in [3.8, 4) is 0 Å². The highest BCUT2D eigenvalue weighted by Crippen LogP contribution is 2.40. The number of rotatable bonds is 6. The zero-order valence-electron chi connectivity index (χ0n) is 16.9. The van der Waals surface area contributed by atoms with E-state index < -0.39 is 33.8 Å². The molecule has 0 saturated carbocycles. The molecule has 3 rings (SSSR count). The van der Waals surface area contributed by atoms with Gasteiger partial charge in [-0.1, -0.05) is 42.6 Å². The molecule has 2 heterocycles. The first-order valence-corrected chi connectivity index (χ1v) is 11.9.